The molecule has 2 aromatic rings. The molecule has 0 fully saturated rings. The normalized spacial score (nSPS) is 10.8. The maximum atomic E-state index is 5.56. The Morgan fingerprint density at radius 2 is 2.33 bits per heavy atom. The molecule has 0 saturated carbocycles. The summed E-state index contributed by atoms with van der Waals surface area (Å²) in [6, 6.07) is 3.52. The van der Waals surface area contributed by atoms with Crippen LogP contribution in [-0.4, -0.2) is 14.6 Å². The van der Waals surface area contributed by atoms with Crippen molar-refractivity contribution in [2.24, 2.45) is 5.73 Å². The number of nitrogen functional groups attached to an aromatic ring is 1. The molecule has 12 heavy (non-hydrogen) atoms. The van der Waals surface area contributed by atoms with E-state index in [0.29, 0.717) is 18.1 Å². The second-order valence-electron chi connectivity index (χ2n) is 2.49. The van der Waals surface area contributed by atoms with Crippen molar-refractivity contribution < 1.29 is 0 Å². The highest BCUT2D eigenvalue weighted by Gasteiger charge is 2.00. The van der Waals surface area contributed by atoms with E-state index in [2.05, 4.69) is 10.1 Å². The molecule has 0 unspecified atom stereocenters. The largest absolute Gasteiger partial charge is 0.399 e. The fourth-order valence-electron chi connectivity index (χ4n) is 1.03. The van der Waals surface area contributed by atoms with Gasteiger partial charge in [-0.05, 0) is 6.07 Å². The summed E-state index contributed by atoms with van der Waals surface area (Å²) >= 11 is 0. The lowest BCUT2D eigenvalue weighted by atomic mass is 10.4. The first-order chi connectivity index (χ1) is 5.79. The predicted molar refractivity (Wildman–Crippen MR) is 45.3 cm³/mol. The van der Waals surface area contributed by atoms with E-state index in [1.807, 2.05) is 0 Å². The van der Waals surface area contributed by atoms with E-state index < -0.39 is 0 Å². The Morgan fingerprint density at radius 1 is 1.50 bits per heavy atom. The molecule has 0 aliphatic rings. The van der Waals surface area contributed by atoms with Crippen LogP contribution in [0.2, 0.25) is 0 Å². The predicted octanol–water partition coefficient (Wildman–Crippen LogP) is -0.230. The average molecular weight is 163 g/mol. The molecule has 0 bridgehead atoms. The Balaban J connectivity index is 2.67. The molecule has 0 aromatic carbocycles. The van der Waals surface area contributed by atoms with Gasteiger partial charge in [0, 0.05) is 18.0 Å². The molecule has 4 N–H and O–H groups in total. The van der Waals surface area contributed by atoms with Gasteiger partial charge in [-0.2, -0.15) is 0 Å². The fraction of sp³-hybridized carbons (Fsp3) is 0.143. The highest BCUT2D eigenvalue weighted by atomic mass is 15.3. The summed E-state index contributed by atoms with van der Waals surface area (Å²) in [4.78, 5) is 4.14. The molecule has 0 amide bonds. The van der Waals surface area contributed by atoms with Crippen molar-refractivity contribution in [2.45, 2.75) is 6.54 Å². The lowest BCUT2D eigenvalue weighted by Gasteiger charge is -1.91. The van der Waals surface area contributed by atoms with Crippen LogP contribution >= 0.6 is 0 Å². The molecular weight excluding hydrogens is 154 g/mol. The van der Waals surface area contributed by atoms with E-state index >= 15 is 0 Å². The van der Waals surface area contributed by atoms with Gasteiger partial charge in [0.15, 0.2) is 11.5 Å². The van der Waals surface area contributed by atoms with Gasteiger partial charge in [0.1, 0.15) is 0 Å². The minimum absolute atomic E-state index is 0.349. The van der Waals surface area contributed by atoms with E-state index in [-0.39, 0.29) is 0 Å². The van der Waals surface area contributed by atoms with Crippen LogP contribution in [0.25, 0.3) is 5.65 Å². The summed E-state index contributed by atoms with van der Waals surface area (Å²) in [5.74, 6) is 0.626. The molecule has 2 rings (SSSR count). The molecule has 0 atom stereocenters. The minimum atomic E-state index is 0.349. The van der Waals surface area contributed by atoms with Gasteiger partial charge >= 0.3 is 0 Å². The zero-order valence-electron chi connectivity index (χ0n) is 6.44. The van der Waals surface area contributed by atoms with E-state index in [0.717, 1.165) is 5.65 Å². The van der Waals surface area contributed by atoms with Crippen LogP contribution < -0.4 is 11.5 Å². The lowest BCUT2D eigenvalue weighted by Crippen LogP contribution is -1.98. The molecule has 0 aliphatic carbocycles. The van der Waals surface area contributed by atoms with Crippen LogP contribution in [0.4, 0.5) is 5.69 Å². The van der Waals surface area contributed by atoms with Gasteiger partial charge in [-0.25, -0.2) is 9.50 Å². The lowest BCUT2D eigenvalue weighted by molar-refractivity contribution is 0.869. The van der Waals surface area contributed by atoms with E-state index in [1.54, 1.807) is 22.8 Å². The summed E-state index contributed by atoms with van der Waals surface area (Å²) in [6.45, 7) is 0.349. The average Bonchev–Trinajstić information content (AvgIpc) is 2.46. The monoisotopic (exact) mass is 163 g/mol. The Hall–Kier alpha value is -1.62. The van der Waals surface area contributed by atoms with Crippen LogP contribution in [0.1, 0.15) is 5.82 Å². The van der Waals surface area contributed by atoms with Crippen LogP contribution in [0, 0.1) is 0 Å². The highest BCUT2D eigenvalue weighted by Crippen LogP contribution is 2.05. The van der Waals surface area contributed by atoms with Crippen molar-refractivity contribution in [1.29, 1.82) is 0 Å². The summed E-state index contributed by atoms with van der Waals surface area (Å²) in [7, 11) is 0. The van der Waals surface area contributed by atoms with Gasteiger partial charge in [-0.3, -0.25) is 0 Å². The molecule has 0 saturated heterocycles. The van der Waals surface area contributed by atoms with Gasteiger partial charge in [-0.1, -0.05) is 0 Å². The first-order valence-electron chi connectivity index (χ1n) is 3.60. The number of aromatic nitrogens is 3. The number of hydrogen-bond acceptors (Lipinski definition) is 4. The van der Waals surface area contributed by atoms with Crippen molar-refractivity contribution in [3.63, 3.8) is 0 Å². The second kappa shape index (κ2) is 2.46. The molecule has 0 radical (unpaired) electrons. The van der Waals surface area contributed by atoms with Crippen molar-refractivity contribution >= 4 is 11.3 Å². The van der Waals surface area contributed by atoms with Gasteiger partial charge in [0.05, 0.1) is 6.54 Å². The zero-order valence-corrected chi connectivity index (χ0v) is 6.44. The Bertz CT molecular complexity index is 405. The maximum absolute atomic E-state index is 5.56. The SMILES string of the molecule is NCc1nc2cc(N)ccn2n1. The first-order valence-corrected chi connectivity index (χ1v) is 3.60. The molecule has 2 heterocycles. The number of nitrogens with zero attached hydrogens (tertiary/aromatic N) is 3. The van der Waals surface area contributed by atoms with E-state index in [9.17, 15) is 0 Å². The summed E-state index contributed by atoms with van der Waals surface area (Å²) in [6.07, 6.45) is 1.76. The fourth-order valence-corrected chi connectivity index (χ4v) is 1.03. The molecule has 0 aliphatic heterocycles. The maximum Gasteiger partial charge on any atom is 0.165 e. The van der Waals surface area contributed by atoms with Crippen molar-refractivity contribution in [2.75, 3.05) is 5.73 Å². The van der Waals surface area contributed by atoms with E-state index in [4.69, 9.17) is 11.5 Å². The molecule has 62 valence electrons. The van der Waals surface area contributed by atoms with Crippen molar-refractivity contribution in [3.05, 3.63) is 24.2 Å². The summed E-state index contributed by atoms with van der Waals surface area (Å²) < 4.78 is 1.65. The molecule has 5 nitrogen and oxygen atoms in total. The number of nitrogens with two attached hydrogens (primary N) is 2. The number of hydrogen-bond donors (Lipinski definition) is 2. The third-order valence-electron chi connectivity index (χ3n) is 1.59. The zero-order chi connectivity index (χ0) is 8.55. The first kappa shape index (κ1) is 7.05. The molecular formula is C7H9N5. The highest BCUT2D eigenvalue weighted by molar-refractivity contribution is 5.50. The quantitative estimate of drug-likeness (QED) is 0.608. The van der Waals surface area contributed by atoms with Crippen molar-refractivity contribution in [1.82, 2.24) is 14.6 Å². The van der Waals surface area contributed by atoms with Crippen LogP contribution in [-0.2, 0) is 6.54 Å². The third kappa shape index (κ3) is 0.998. The topological polar surface area (TPSA) is 82.2 Å². The Morgan fingerprint density at radius 3 is 3.08 bits per heavy atom. The van der Waals surface area contributed by atoms with Gasteiger partial charge in [0.2, 0.25) is 0 Å². The number of rotatable bonds is 1. The van der Waals surface area contributed by atoms with Gasteiger partial charge in [0.25, 0.3) is 0 Å². The van der Waals surface area contributed by atoms with Crippen LogP contribution in [0.5, 0.6) is 0 Å². The molecule has 2 aromatic heterocycles. The molecule has 5 heteroatoms. The standard InChI is InChI=1S/C7H9N5/c8-4-6-10-7-3-5(9)1-2-12(7)11-6/h1-3H,4,8-9H2. The minimum Gasteiger partial charge on any atom is -0.399 e. The van der Waals surface area contributed by atoms with Crippen molar-refractivity contribution in [3.8, 4) is 0 Å². The van der Waals surface area contributed by atoms with Crippen LogP contribution in [0.3, 0.4) is 0 Å². The van der Waals surface area contributed by atoms with Crippen LogP contribution in [0.15, 0.2) is 18.3 Å². The van der Waals surface area contributed by atoms with Gasteiger partial charge < -0.3 is 11.5 Å². The Kier molecular flexibility index (Phi) is 1.44. The Labute approximate surface area is 69.0 Å². The summed E-state index contributed by atoms with van der Waals surface area (Å²) in [5, 5.41) is 4.10. The number of pyridine rings is 1. The summed E-state index contributed by atoms with van der Waals surface area (Å²) in [5.41, 5.74) is 12.4. The second-order valence-corrected chi connectivity index (χ2v) is 2.49. The third-order valence-corrected chi connectivity index (χ3v) is 1.59. The van der Waals surface area contributed by atoms with E-state index in [1.165, 1.54) is 0 Å². The number of fused-ring (bicyclic) bond motifs is 1. The van der Waals surface area contributed by atoms with Gasteiger partial charge in [-0.15, -0.1) is 5.10 Å². The smallest absolute Gasteiger partial charge is 0.165 e. The molecule has 0 spiro atoms. The number of anilines is 1.